The Labute approximate surface area is 97.6 Å². The van der Waals surface area contributed by atoms with E-state index in [9.17, 15) is 4.79 Å². The molecule has 4 nitrogen and oxygen atoms in total. The number of carbonyl (C=O) groups excluding carboxylic acids is 1. The fraction of sp³-hybridized carbons (Fsp3) is 0.917. The van der Waals surface area contributed by atoms with Gasteiger partial charge in [0.1, 0.15) is 5.54 Å². The van der Waals surface area contributed by atoms with Gasteiger partial charge in [-0.1, -0.05) is 12.8 Å². The lowest BCUT2D eigenvalue weighted by Crippen LogP contribution is -2.62. The van der Waals surface area contributed by atoms with E-state index in [4.69, 9.17) is 5.73 Å². The maximum atomic E-state index is 11.7. The normalized spacial score (nSPS) is 27.1. The number of likely N-dealkylation sites (tertiary alicyclic amines) is 1. The van der Waals surface area contributed by atoms with Crippen LogP contribution >= 0.6 is 0 Å². The number of nitrogens with one attached hydrogen (secondary N) is 1. The highest BCUT2D eigenvalue weighted by atomic mass is 16.1. The van der Waals surface area contributed by atoms with Crippen LogP contribution in [0.4, 0.5) is 0 Å². The van der Waals surface area contributed by atoms with E-state index in [0.29, 0.717) is 6.04 Å². The first-order valence-electron chi connectivity index (χ1n) is 6.38. The van der Waals surface area contributed by atoms with Crippen molar-refractivity contribution in [2.75, 3.05) is 20.1 Å². The predicted molar refractivity (Wildman–Crippen MR) is 64.0 cm³/mol. The van der Waals surface area contributed by atoms with E-state index in [1.54, 1.807) is 0 Å². The minimum atomic E-state index is -0.429. The summed E-state index contributed by atoms with van der Waals surface area (Å²) >= 11 is 0. The van der Waals surface area contributed by atoms with Gasteiger partial charge < -0.3 is 16.0 Å². The van der Waals surface area contributed by atoms with Gasteiger partial charge in [0, 0.05) is 19.1 Å². The molecule has 0 spiro atoms. The maximum absolute atomic E-state index is 11.7. The summed E-state index contributed by atoms with van der Waals surface area (Å²) in [6, 6.07) is 0.510. The number of rotatable bonds is 3. The third kappa shape index (κ3) is 2.38. The summed E-state index contributed by atoms with van der Waals surface area (Å²) in [6.07, 6.45) is 6.68. The second kappa shape index (κ2) is 4.72. The van der Waals surface area contributed by atoms with Crippen LogP contribution in [-0.4, -0.2) is 42.5 Å². The predicted octanol–water partition coefficient (Wildman–Crippen LogP) is 0.468. The summed E-state index contributed by atoms with van der Waals surface area (Å²) in [5.41, 5.74) is 5.18. The minimum absolute atomic E-state index is 0.160. The molecule has 2 rings (SSSR count). The van der Waals surface area contributed by atoms with Crippen LogP contribution in [-0.2, 0) is 4.79 Å². The highest BCUT2D eigenvalue weighted by molar-refractivity contribution is 5.84. The van der Waals surface area contributed by atoms with Gasteiger partial charge in [-0.15, -0.1) is 0 Å². The molecule has 1 amide bonds. The van der Waals surface area contributed by atoms with Crippen molar-refractivity contribution in [3.05, 3.63) is 0 Å². The lowest BCUT2D eigenvalue weighted by molar-refractivity contribution is -0.126. The third-order valence-electron chi connectivity index (χ3n) is 4.15. The molecule has 1 heterocycles. The van der Waals surface area contributed by atoms with Crippen LogP contribution in [0.25, 0.3) is 0 Å². The molecule has 2 aliphatic rings. The van der Waals surface area contributed by atoms with Gasteiger partial charge in [0.15, 0.2) is 0 Å². The summed E-state index contributed by atoms with van der Waals surface area (Å²) in [7, 11) is 2.10. The van der Waals surface area contributed by atoms with E-state index in [-0.39, 0.29) is 5.91 Å². The quantitative estimate of drug-likeness (QED) is 0.734. The summed E-state index contributed by atoms with van der Waals surface area (Å²) in [5.74, 6) is -0.160. The molecule has 0 unspecified atom stereocenters. The first-order valence-corrected chi connectivity index (χ1v) is 6.38. The lowest BCUT2D eigenvalue weighted by Gasteiger charge is -2.40. The number of amides is 1. The largest absolute Gasteiger partial charge is 0.368 e. The second-order valence-corrected chi connectivity index (χ2v) is 5.38. The molecule has 0 radical (unpaired) electrons. The average Bonchev–Trinajstić information content (AvgIpc) is 2.74. The molecule has 0 aromatic carbocycles. The number of piperidine rings is 1. The molecule has 0 aromatic heterocycles. The lowest BCUT2D eigenvalue weighted by atomic mass is 9.86. The van der Waals surface area contributed by atoms with E-state index in [0.717, 1.165) is 25.9 Å². The van der Waals surface area contributed by atoms with Crippen molar-refractivity contribution in [1.82, 2.24) is 10.2 Å². The zero-order valence-corrected chi connectivity index (χ0v) is 10.2. The van der Waals surface area contributed by atoms with Crippen molar-refractivity contribution in [2.45, 2.75) is 50.1 Å². The molecule has 0 bridgehead atoms. The molecular weight excluding hydrogens is 202 g/mol. The van der Waals surface area contributed by atoms with Crippen LogP contribution in [0, 0.1) is 0 Å². The topological polar surface area (TPSA) is 58.4 Å². The fourth-order valence-electron chi connectivity index (χ4n) is 2.92. The minimum Gasteiger partial charge on any atom is -0.368 e. The highest BCUT2D eigenvalue weighted by Crippen LogP contribution is 2.26. The average molecular weight is 225 g/mol. The van der Waals surface area contributed by atoms with Gasteiger partial charge in [-0.2, -0.15) is 0 Å². The Morgan fingerprint density at radius 2 is 1.88 bits per heavy atom. The van der Waals surface area contributed by atoms with Gasteiger partial charge in [-0.05, 0) is 32.7 Å². The van der Waals surface area contributed by atoms with Crippen LogP contribution in [0.5, 0.6) is 0 Å². The summed E-state index contributed by atoms with van der Waals surface area (Å²) in [4.78, 5) is 14.0. The Hall–Kier alpha value is -0.610. The van der Waals surface area contributed by atoms with E-state index < -0.39 is 5.54 Å². The summed E-state index contributed by atoms with van der Waals surface area (Å²) in [5, 5.41) is 3.55. The Bertz CT molecular complexity index is 253. The first kappa shape index (κ1) is 11.9. The van der Waals surface area contributed by atoms with E-state index >= 15 is 0 Å². The van der Waals surface area contributed by atoms with E-state index in [1.165, 1.54) is 25.7 Å². The van der Waals surface area contributed by atoms with Crippen LogP contribution < -0.4 is 11.1 Å². The molecule has 3 N–H and O–H groups in total. The number of nitrogens with zero attached hydrogens (tertiary/aromatic N) is 1. The molecule has 1 aliphatic heterocycles. The van der Waals surface area contributed by atoms with Crippen LogP contribution in [0.2, 0.25) is 0 Å². The second-order valence-electron chi connectivity index (χ2n) is 5.38. The van der Waals surface area contributed by atoms with Crippen molar-refractivity contribution in [3.63, 3.8) is 0 Å². The fourth-order valence-corrected chi connectivity index (χ4v) is 2.92. The van der Waals surface area contributed by atoms with Crippen LogP contribution in [0.15, 0.2) is 0 Å². The Kier molecular flexibility index (Phi) is 3.50. The third-order valence-corrected chi connectivity index (χ3v) is 4.15. The molecule has 1 saturated carbocycles. The number of primary amides is 1. The molecule has 92 valence electrons. The standard InChI is InChI=1S/C12H23N3O/c1-15-8-6-12(7-9-15,11(13)16)14-10-4-2-3-5-10/h10,14H,2-9H2,1H3,(H2,13,16). The van der Waals surface area contributed by atoms with Gasteiger partial charge in [0.05, 0.1) is 0 Å². The number of carbonyl (C=O) groups is 1. The number of hydrogen-bond acceptors (Lipinski definition) is 3. The van der Waals surface area contributed by atoms with E-state index in [2.05, 4.69) is 17.3 Å². The van der Waals surface area contributed by atoms with Crippen LogP contribution in [0.3, 0.4) is 0 Å². The van der Waals surface area contributed by atoms with Gasteiger partial charge in [0.2, 0.25) is 5.91 Å². The number of hydrogen-bond donors (Lipinski definition) is 2. The SMILES string of the molecule is CN1CCC(NC2CCCC2)(C(N)=O)CC1. The molecule has 0 aromatic rings. The van der Waals surface area contributed by atoms with Crippen molar-refractivity contribution >= 4 is 5.91 Å². The zero-order valence-electron chi connectivity index (χ0n) is 10.2. The first-order chi connectivity index (χ1) is 7.62. The summed E-state index contributed by atoms with van der Waals surface area (Å²) in [6.45, 7) is 1.92. The molecule has 4 heteroatoms. The van der Waals surface area contributed by atoms with Crippen molar-refractivity contribution in [2.24, 2.45) is 5.73 Å². The molecule has 1 saturated heterocycles. The van der Waals surface area contributed by atoms with Crippen molar-refractivity contribution in [1.29, 1.82) is 0 Å². The molecule has 2 fully saturated rings. The molecule has 1 aliphatic carbocycles. The Morgan fingerprint density at radius 1 is 1.31 bits per heavy atom. The highest BCUT2D eigenvalue weighted by Gasteiger charge is 2.40. The maximum Gasteiger partial charge on any atom is 0.237 e. The zero-order chi connectivity index (χ0) is 11.6. The Balaban J connectivity index is 2.00. The Morgan fingerprint density at radius 3 is 2.38 bits per heavy atom. The monoisotopic (exact) mass is 225 g/mol. The van der Waals surface area contributed by atoms with Crippen molar-refractivity contribution in [3.8, 4) is 0 Å². The molecular formula is C12H23N3O. The van der Waals surface area contributed by atoms with Crippen molar-refractivity contribution < 1.29 is 4.79 Å². The van der Waals surface area contributed by atoms with Gasteiger partial charge in [-0.3, -0.25) is 4.79 Å². The van der Waals surface area contributed by atoms with Crippen LogP contribution in [0.1, 0.15) is 38.5 Å². The number of nitrogens with two attached hydrogens (primary N) is 1. The summed E-state index contributed by atoms with van der Waals surface area (Å²) < 4.78 is 0. The smallest absolute Gasteiger partial charge is 0.237 e. The van der Waals surface area contributed by atoms with Gasteiger partial charge >= 0.3 is 0 Å². The molecule has 16 heavy (non-hydrogen) atoms. The van der Waals surface area contributed by atoms with Gasteiger partial charge in [-0.25, -0.2) is 0 Å². The van der Waals surface area contributed by atoms with E-state index in [1.807, 2.05) is 0 Å². The molecule has 0 atom stereocenters. The van der Waals surface area contributed by atoms with Gasteiger partial charge in [0.25, 0.3) is 0 Å².